The highest BCUT2D eigenvalue weighted by atomic mass is 32.2. The Labute approximate surface area is 128 Å². The number of sulfonamides is 1. The van der Waals surface area contributed by atoms with Crippen molar-refractivity contribution in [1.29, 1.82) is 0 Å². The molecule has 0 amide bonds. The van der Waals surface area contributed by atoms with Crippen LogP contribution in [0.1, 0.15) is 19.3 Å². The molecule has 1 spiro atoms. The molecule has 1 aromatic heterocycles. The lowest BCUT2D eigenvalue weighted by molar-refractivity contribution is 0.225. The largest absolute Gasteiger partial charge is 0.316 e. The van der Waals surface area contributed by atoms with Crippen LogP contribution in [-0.4, -0.2) is 49.2 Å². The van der Waals surface area contributed by atoms with Crippen molar-refractivity contribution in [2.24, 2.45) is 5.41 Å². The third-order valence-corrected chi connectivity index (χ3v) is 6.71. The zero-order valence-electron chi connectivity index (χ0n) is 12.2. The van der Waals surface area contributed by atoms with Crippen molar-refractivity contribution in [3.05, 3.63) is 18.2 Å². The average molecular weight is 322 g/mol. The molecule has 0 saturated carbocycles. The summed E-state index contributed by atoms with van der Waals surface area (Å²) in [5, 5.41) is 10.9. The summed E-state index contributed by atoms with van der Waals surface area (Å²) in [5.41, 5.74) is 0.862. The van der Waals surface area contributed by atoms with E-state index in [1.807, 2.05) is 0 Å². The van der Waals surface area contributed by atoms with Crippen LogP contribution in [0.2, 0.25) is 0 Å². The fourth-order valence-corrected chi connectivity index (χ4v) is 5.30. The topological polar surface area (TPSA) is 88.3 Å². The first kappa shape index (κ1) is 14.1. The van der Waals surface area contributed by atoms with Crippen LogP contribution < -0.4 is 5.32 Å². The van der Waals surface area contributed by atoms with Gasteiger partial charge in [0.1, 0.15) is 10.4 Å². The Balaban J connectivity index is 1.68. The molecule has 1 unspecified atom stereocenters. The Morgan fingerprint density at radius 2 is 2.18 bits per heavy atom. The standard InChI is InChI=1S/C14H18N4O3S/c19-22(20,12-4-1-3-11-13(12)17-21-16-11)18-8-6-14(10-18)5-2-7-15-9-14/h1,3-4,15H,2,5-10H2. The summed E-state index contributed by atoms with van der Waals surface area (Å²) < 4.78 is 32.2. The van der Waals surface area contributed by atoms with Gasteiger partial charge in [0.05, 0.1) is 0 Å². The number of piperidine rings is 1. The third-order valence-electron chi connectivity index (χ3n) is 4.83. The van der Waals surface area contributed by atoms with E-state index in [-0.39, 0.29) is 10.3 Å². The first-order valence-electron chi connectivity index (χ1n) is 7.53. The van der Waals surface area contributed by atoms with Crippen LogP contribution in [0.15, 0.2) is 27.7 Å². The Hall–Kier alpha value is -1.51. The van der Waals surface area contributed by atoms with E-state index in [1.54, 1.807) is 22.5 Å². The fourth-order valence-electron chi connectivity index (χ4n) is 3.61. The molecule has 2 aliphatic heterocycles. The van der Waals surface area contributed by atoms with Gasteiger partial charge in [-0.3, -0.25) is 0 Å². The highest BCUT2D eigenvalue weighted by Gasteiger charge is 2.44. The van der Waals surface area contributed by atoms with Gasteiger partial charge in [0.2, 0.25) is 10.0 Å². The molecule has 1 atom stereocenters. The van der Waals surface area contributed by atoms with Gasteiger partial charge in [0.15, 0.2) is 5.52 Å². The normalized spacial score (nSPS) is 26.9. The van der Waals surface area contributed by atoms with E-state index in [1.165, 1.54) is 0 Å². The third kappa shape index (κ3) is 2.13. The molecule has 1 N–H and O–H groups in total. The summed E-state index contributed by atoms with van der Waals surface area (Å²) in [6.45, 7) is 3.06. The number of benzene rings is 1. The van der Waals surface area contributed by atoms with Crippen LogP contribution in [0.4, 0.5) is 0 Å². The Morgan fingerprint density at radius 3 is 3.00 bits per heavy atom. The molecule has 0 radical (unpaired) electrons. The Morgan fingerprint density at radius 1 is 1.27 bits per heavy atom. The van der Waals surface area contributed by atoms with Gasteiger partial charge in [0.25, 0.3) is 0 Å². The Kier molecular flexibility index (Phi) is 3.21. The number of aromatic nitrogens is 2. The van der Waals surface area contributed by atoms with Crippen LogP contribution in [0, 0.1) is 5.41 Å². The average Bonchev–Trinajstić information content (AvgIpc) is 3.15. The van der Waals surface area contributed by atoms with Crippen molar-refractivity contribution >= 4 is 21.1 Å². The summed E-state index contributed by atoms with van der Waals surface area (Å²) in [6, 6.07) is 4.95. The molecular weight excluding hydrogens is 304 g/mol. The predicted octanol–water partition coefficient (Wildman–Crippen LogP) is 0.987. The molecule has 3 heterocycles. The van der Waals surface area contributed by atoms with Crippen molar-refractivity contribution in [1.82, 2.24) is 19.9 Å². The van der Waals surface area contributed by atoms with E-state index < -0.39 is 10.0 Å². The number of nitrogens with zero attached hydrogens (tertiary/aromatic N) is 3. The molecule has 0 bridgehead atoms. The maximum absolute atomic E-state index is 13.0. The van der Waals surface area contributed by atoms with Gasteiger partial charge in [-0.25, -0.2) is 13.0 Å². The molecule has 4 rings (SSSR count). The zero-order valence-corrected chi connectivity index (χ0v) is 13.0. The second kappa shape index (κ2) is 5.00. The maximum atomic E-state index is 13.0. The number of hydrogen-bond donors (Lipinski definition) is 1. The van der Waals surface area contributed by atoms with Crippen molar-refractivity contribution in [2.75, 3.05) is 26.2 Å². The van der Waals surface area contributed by atoms with Gasteiger partial charge < -0.3 is 5.32 Å². The zero-order chi connectivity index (χ0) is 15.2. The number of hydrogen-bond acceptors (Lipinski definition) is 6. The molecule has 2 fully saturated rings. The van der Waals surface area contributed by atoms with Gasteiger partial charge in [-0.2, -0.15) is 4.31 Å². The van der Waals surface area contributed by atoms with E-state index in [4.69, 9.17) is 0 Å². The molecule has 118 valence electrons. The second-order valence-electron chi connectivity index (χ2n) is 6.26. The van der Waals surface area contributed by atoms with Crippen LogP contribution in [0.25, 0.3) is 11.0 Å². The number of nitrogens with one attached hydrogen (secondary N) is 1. The summed E-state index contributed by atoms with van der Waals surface area (Å²) in [7, 11) is -3.57. The Bertz CT molecular complexity index is 795. The number of fused-ring (bicyclic) bond motifs is 1. The van der Waals surface area contributed by atoms with Crippen LogP contribution in [-0.2, 0) is 10.0 Å². The van der Waals surface area contributed by atoms with E-state index in [0.29, 0.717) is 24.1 Å². The molecule has 1 aromatic carbocycles. The molecular formula is C14H18N4O3S. The lowest BCUT2D eigenvalue weighted by Gasteiger charge is -2.33. The molecule has 2 aliphatic rings. The minimum absolute atomic E-state index is 0.0846. The van der Waals surface area contributed by atoms with Crippen molar-refractivity contribution < 1.29 is 13.0 Å². The highest BCUT2D eigenvalue weighted by molar-refractivity contribution is 7.89. The predicted molar refractivity (Wildman–Crippen MR) is 79.7 cm³/mol. The molecule has 2 aromatic rings. The molecule has 8 heteroatoms. The molecule has 22 heavy (non-hydrogen) atoms. The minimum Gasteiger partial charge on any atom is -0.316 e. The van der Waals surface area contributed by atoms with Gasteiger partial charge in [-0.05, 0) is 53.7 Å². The quantitative estimate of drug-likeness (QED) is 0.887. The monoisotopic (exact) mass is 322 g/mol. The lowest BCUT2D eigenvalue weighted by atomic mass is 9.80. The number of rotatable bonds is 2. The molecule has 7 nitrogen and oxygen atoms in total. The van der Waals surface area contributed by atoms with E-state index >= 15 is 0 Å². The van der Waals surface area contributed by atoms with E-state index in [0.717, 1.165) is 32.4 Å². The van der Waals surface area contributed by atoms with Crippen LogP contribution in [0.3, 0.4) is 0 Å². The summed E-state index contributed by atoms with van der Waals surface area (Å²) >= 11 is 0. The van der Waals surface area contributed by atoms with E-state index in [9.17, 15) is 8.42 Å². The first-order chi connectivity index (χ1) is 10.6. The molecule has 0 aliphatic carbocycles. The molecule has 2 saturated heterocycles. The fraction of sp³-hybridized carbons (Fsp3) is 0.571. The maximum Gasteiger partial charge on any atom is 0.245 e. The van der Waals surface area contributed by atoms with Gasteiger partial charge in [-0.1, -0.05) is 6.07 Å². The lowest BCUT2D eigenvalue weighted by Crippen LogP contribution is -2.42. The van der Waals surface area contributed by atoms with Crippen LogP contribution in [0.5, 0.6) is 0 Å². The van der Waals surface area contributed by atoms with Gasteiger partial charge in [-0.15, -0.1) is 0 Å². The van der Waals surface area contributed by atoms with Crippen molar-refractivity contribution in [3.8, 4) is 0 Å². The smallest absolute Gasteiger partial charge is 0.245 e. The van der Waals surface area contributed by atoms with Crippen LogP contribution >= 0.6 is 0 Å². The summed E-state index contributed by atoms with van der Waals surface area (Å²) in [4.78, 5) is 0.187. The van der Waals surface area contributed by atoms with Gasteiger partial charge in [0, 0.05) is 19.6 Å². The van der Waals surface area contributed by atoms with Crippen molar-refractivity contribution in [2.45, 2.75) is 24.2 Å². The van der Waals surface area contributed by atoms with Crippen molar-refractivity contribution in [3.63, 3.8) is 0 Å². The van der Waals surface area contributed by atoms with E-state index in [2.05, 4.69) is 20.3 Å². The SMILES string of the molecule is O=S(=O)(c1cccc2nonc12)N1CCC2(CCCNC2)C1. The minimum atomic E-state index is -3.57. The highest BCUT2D eigenvalue weighted by Crippen LogP contribution is 2.39. The second-order valence-corrected chi connectivity index (χ2v) is 8.16. The summed E-state index contributed by atoms with van der Waals surface area (Å²) in [5.74, 6) is 0. The van der Waals surface area contributed by atoms with Gasteiger partial charge >= 0.3 is 0 Å². The first-order valence-corrected chi connectivity index (χ1v) is 8.97. The summed E-state index contributed by atoms with van der Waals surface area (Å²) in [6.07, 6.45) is 3.10.